The Bertz CT molecular complexity index is 1080. The van der Waals surface area contributed by atoms with Crippen LogP contribution in [0.1, 0.15) is 93.5 Å². The van der Waals surface area contributed by atoms with E-state index in [1.807, 2.05) is 6.26 Å². The highest BCUT2D eigenvalue weighted by Crippen LogP contribution is 2.32. The highest BCUT2D eigenvalue weighted by molar-refractivity contribution is 7.98. The van der Waals surface area contributed by atoms with Crippen LogP contribution >= 0.6 is 11.8 Å². The Morgan fingerprint density at radius 2 is 1.60 bits per heavy atom. The summed E-state index contributed by atoms with van der Waals surface area (Å²) in [6.45, 7) is 6.17. The van der Waals surface area contributed by atoms with Crippen molar-refractivity contribution < 1.29 is 15.0 Å². The number of benzene rings is 2. The topological polar surface area (TPSA) is 72.8 Å². The maximum Gasteiger partial charge on any atom is 0.303 e. The number of aliphatic hydroxyl groups excluding tert-OH is 1. The molecular weight excluding hydrogens is 540 g/mol. The zero-order valence-electron chi connectivity index (χ0n) is 26.0. The predicted octanol–water partition coefficient (Wildman–Crippen LogP) is 7.70. The second-order valence-corrected chi connectivity index (χ2v) is 13.9. The van der Waals surface area contributed by atoms with Crippen molar-refractivity contribution in [3.63, 3.8) is 0 Å². The summed E-state index contributed by atoms with van der Waals surface area (Å²) in [6.07, 6.45) is 16.2. The number of nitrogens with zero attached hydrogens (tertiary/aromatic N) is 1. The minimum absolute atomic E-state index is 0.0346. The Kier molecular flexibility index (Phi) is 13.7. The van der Waals surface area contributed by atoms with E-state index in [2.05, 4.69) is 59.6 Å². The molecule has 0 heterocycles. The third-order valence-corrected chi connectivity index (χ3v) is 10.3. The summed E-state index contributed by atoms with van der Waals surface area (Å²) in [6, 6.07) is 15.0. The maximum atomic E-state index is 11.3. The van der Waals surface area contributed by atoms with Crippen LogP contribution in [0, 0.1) is 24.7 Å². The van der Waals surface area contributed by atoms with Crippen molar-refractivity contribution in [1.29, 1.82) is 0 Å². The van der Waals surface area contributed by atoms with Crippen LogP contribution in [0.25, 0.3) is 11.1 Å². The van der Waals surface area contributed by atoms with E-state index in [0.717, 1.165) is 47.2 Å². The third kappa shape index (κ3) is 10.4. The quantitative estimate of drug-likeness (QED) is 0.173. The lowest BCUT2D eigenvalue weighted by atomic mass is 9.86. The molecule has 0 radical (unpaired) electrons. The van der Waals surface area contributed by atoms with Gasteiger partial charge in [-0.25, -0.2) is 0 Å². The highest BCUT2D eigenvalue weighted by atomic mass is 32.2. The van der Waals surface area contributed by atoms with Crippen LogP contribution in [-0.4, -0.2) is 59.3 Å². The van der Waals surface area contributed by atoms with Gasteiger partial charge < -0.3 is 15.1 Å². The molecule has 232 valence electrons. The number of carboxylic acids is 1. The number of hydrogen-bond acceptors (Lipinski definition) is 5. The molecular formula is C36H54N2O3S. The van der Waals surface area contributed by atoms with Crippen LogP contribution in [0.3, 0.4) is 0 Å². The van der Waals surface area contributed by atoms with E-state index in [0.29, 0.717) is 6.54 Å². The molecule has 2 aromatic rings. The zero-order chi connectivity index (χ0) is 29.7. The van der Waals surface area contributed by atoms with Gasteiger partial charge in [-0.2, -0.15) is 11.8 Å². The van der Waals surface area contributed by atoms with Gasteiger partial charge >= 0.3 is 5.97 Å². The Balaban J connectivity index is 1.50. The summed E-state index contributed by atoms with van der Waals surface area (Å²) in [5, 5.41) is 23.9. The lowest BCUT2D eigenvalue weighted by molar-refractivity contribution is -0.137. The number of carboxylic acid groups (broad SMARTS) is 1. The van der Waals surface area contributed by atoms with Crippen LogP contribution < -0.4 is 5.32 Å². The first-order chi connectivity index (χ1) is 20.4. The zero-order valence-corrected chi connectivity index (χ0v) is 26.8. The van der Waals surface area contributed by atoms with Crippen LogP contribution in [0.4, 0.5) is 0 Å². The smallest absolute Gasteiger partial charge is 0.303 e. The van der Waals surface area contributed by atoms with Crippen LogP contribution in [0.5, 0.6) is 0 Å². The Hall–Kier alpha value is -1.86. The van der Waals surface area contributed by atoms with E-state index in [9.17, 15) is 15.0 Å². The summed E-state index contributed by atoms with van der Waals surface area (Å²) in [7, 11) is 0. The first kappa shape index (κ1) is 33.0. The molecule has 0 saturated heterocycles. The average Bonchev–Trinajstić information content (AvgIpc) is 2.99. The van der Waals surface area contributed by atoms with E-state index in [1.54, 1.807) is 11.8 Å². The van der Waals surface area contributed by atoms with E-state index in [-0.39, 0.29) is 12.3 Å². The van der Waals surface area contributed by atoms with Crippen molar-refractivity contribution >= 4 is 17.7 Å². The molecule has 3 N–H and O–H groups in total. The Morgan fingerprint density at radius 1 is 0.952 bits per heavy atom. The molecule has 42 heavy (non-hydrogen) atoms. The van der Waals surface area contributed by atoms with Gasteiger partial charge in [-0.1, -0.05) is 81.0 Å². The van der Waals surface area contributed by atoms with Gasteiger partial charge in [-0.05, 0) is 91.0 Å². The number of carbonyl (C=O) groups is 1. The fraction of sp³-hybridized carbons (Fsp3) is 0.639. The van der Waals surface area contributed by atoms with Crippen molar-refractivity contribution in [3.05, 3.63) is 59.2 Å². The molecule has 0 aliphatic heterocycles. The lowest BCUT2D eigenvalue weighted by Crippen LogP contribution is -2.36. The first-order valence-corrected chi connectivity index (χ1v) is 17.9. The van der Waals surface area contributed by atoms with Crippen LogP contribution in [-0.2, 0) is 11.2 Å². The molecule has 2 aliphatic carbocycles. The monoisotopic (exact) mass is 594 g/mol. The second kappa shape index (κ2) is 17.4. The summed E-state index contributed by atoms with van der Waals surface area (Å²) < 4.78 is 0. The highest BCUT2D eigenvalue weighted by Gasteiger charge is 2.23. The largest absolute Gasteiger partial charge is 0.481 e. The van der Waals surface area contributed by atoms with Gasteiger partial charge in [-0.15, -0.1) is 0 Å². The number of hydrogen-bond donors (Lipinski definition) is 3. The van der Waals surface area contributed by atoms with Gasteiger partial charge in [0.2, 0.25) is 0 Å². The summed E-state index contributed by atoms with van der Waals surface area (Å²) >= 11 is 1.64. The van der Waals surface area contributed by atoms with Gasteiger partial charge in [-0.3, -0.25) is 10.1 Å². The van der Waals surface area contributed by atoms with Crippen molar-refractivity contribution in [3.8, 4) is 11.1 Å². The van der Waals surface area contributed by atoms with Gasteiger partial charge in [0.1, 0.15) is 6.23 Å². The lowest BCUT2D eigenvalue weighted by Gasteiger charge is -2.33. The molecule has 2 aromatic carbocycles. The van der Waals surface area contributed by atoms with Crippen LogP contribution in [0.15, 0.2) is 42.5 Å². The van der Waals surface area contributed by atoms with Gasteiger partial charge in [0.25, 0.3) is 0 Å². The van der Waals surface area contributed by atoms with E-state index < -0.39 is 12.2 Å². The second-order valence-electron chi connectivity index (χ2n) is 13.0. The summed E-state index contributed by atoms with van der Waals surface area (Å²) in [5.41, 5.74) is 5.56. The van der Waals surface area contributed by atoms with Crippen molar-refractivity contribution in [2.45, 2.75) is 90.2 Å². The first-order valence-electron chi connectivity index (χ1n) is 16.5. The number of aliphatic carboxylic acids is 1. The molecule has 6 heteroatoms. The molecule has 2 unspecified atom stereocenters. The summed E-state index contributed by atoms with van der Waals surface area (Å²) in [4.78, 5) is 14.1. The van der Waals surface area contributed by atoms with Crippen molar-refractivity contribution in [1.82, 2.24) is 10.2 Å². The van der Waals surface area contributed by atoms with Gasteiger partial charge in [0.15, 0.2) is 0 Å². The minimum Gasteiger partial charge on any atom is -0.481 e. The maximum absolute atomic E-state index is 11.3. The fourth-order valence-corrected chi connectivity index (χ4v) is 7.89. The predicted molar refractivity (Wildman–Crippen MR) is 177 cm³/mol. The molecule has 2 atom stereocenters. The van der Waals surface area contributed by atoms with Crippen molar-refractivity contribution in [2.24, 2.45) is 17.8 Å². The standard InChI is InChI=1S/C36H54N2O3S/c1-27-11-9-10-16-32(27)34-21-28(17-18-33(34)36(41)37-23-31(26-42-2)22-35(39)40)19-20-38(24-29-12-5-3-6-13-29)25-30-14-7-4-8-15-30/h9-11,16-18,21,29-31,36-37,41H,3-8,12-15,19-20,22-26H2,1-2H3,(H,39,40). The molecule has 5 nitrogen and oxygen atoms in total. The molecule has 0 spiro atoms. The number of thioether (sulfide) groups is 1. The Labute approximate surface area is 258 Å². The normalized spacial score (nSPS) is 18.3. The van der Waals surface area contributed by atoms with Crippen molar-refractivity contribution in [2.75, 3.05) is 38.2 Å². The molecule has 2 fully saturated rings. The van der Waals surface area contributed by atoms with E-state index in [4.69, 9.17) is 0 Å². The van der Waals surface area contributed by atoms with E-state index in [1.165, 1.54) is 88.4 Å². The minimum atomic E-state index is -0.860. The third-order valence-electron chi connectivity index (χ3n) is 9.51. The average molecular weight is 595 g/mol. The van der Waals surface area contributed by atoms with E-state index >= 15 is 0 Å². The van der Waals surface area contributed by atoms with Gasteiger partial charge in [0.05, 0.1) is 6.42 Å². The molecule has 2 aliphatic rings. The van der Waals surface area contributed by atoms with Crippen LogP contribution in [0.2, 0.25) is 0 Å². The number of nitrogens with one attached hydrogen (secondary N) is 1. The fourth-order valence-electron chi connectivity index (χ4n) is 7.18. The summed E-state index contributed by atoms with van der Waals surface area (Å²) in [5.74, 6) is 1.62. The number of aryl methyl sites for hydroxylation is 1. The molecule has 0 bridgehead atoms. The molecule has 2 saturated carbocycles. The number of aliphatic hydroxyl groups is 1. The molecule has 0 amide bonds. The molecule has 0 aromatic heterocycles. The van der Waals surface area contributed by atoms with Gasteiger partial charge in [0, 0.05) is 31.7 Å². The molecule has 4 rings (SSSR count). The number of rotatable bonds is 16. The Morgan fingerprint density at radius 3 is 2.19 bits per heavy atom. The SMILES string of the molecule is CSCC(CNC(O)c1ccc(CCN(CC2CCCCC2)CC2CCCCC2)cc1-c1ccccc1C)CC(=O)O.